The Kier molecular flexibility index (Phi) is 2.76. The monoisotopic (exact) mass is 179 g/mol. The zero-order valence-corrected chi connectivity index (χ0v) is 6.64. The van der Waals surface area contributed by atoms with Crippen LogP contribution < -0.4 is 5.11 Å². The first-order chi connectivity index (χ1) is 6.13. The summed E-state index contributed by atoms with van der Waals surface area (Å²) in [7, 11) is 0. The molecule has 0 bridgehead atoms. The van der Waals surface area contributed by atoms with E-state index in [2.05, 4.69) is 0 Å². The van der Waals surface area contributed by atoms with Gasteiger partial charge in [0.05, 0.1) is 0 Å². The summed E-state index contributed by atoms with van der Waals surface area (Å²) < 4.78 is 0. The number of benzene rings is 1. The summed E-state index contributed by atoms with van der Waals surface area (Å²) in [6.07, 6.45) is -1.63. The second-order valence-corrected chi connectivity index (χ2v) is 2.46. The highest BCUT2D eigenvalue weighted by Crippen LogP contribution is 2.12. The number of hydrogen-bond acceptors (Lipinski definition) is 4. The maximum atomic E-state index is 10.7. The van der Waals surface area contributed by atoms with E-state index in [4.69, 9.17) is 0 Å². The third-order valence-electron chi connectivity index (χ3n) is 1.56. The van der Waals surface area contributed by atoms with Crippen LogP contribution >= 0.6 is 0 Å². The van der Waals surface area contributed by atoms with E-state index in [1.807, 2.05) is 0 Å². The fraction of sp³-hybridized carbons (Fsp3) is 0.111. The summed E-state index contributed by atoms with van der Waals surface area (Å²) in [6, 6.07) is 7.82. The van der Waals surface area contributed by atoms with E-state index < -0.39 is 17.9 Å². The Bertz CT molecular complexity index is 318. The molecule has 0 aromatic heterocycles. The van der Waals surface area contributed by atoms with Crippen LogP contribution in [0.2, 0.25) is 0 Å². The topological polar surface area (TPSA) is 77.4 Å². The predicted octanol–water partition coefficient (Wildman–Crippen LogP) is -0.961. The van der Waals surface area contributed by atoms with Crippen molar-refractivity contribution in [3.8, 4) is 0 Å². The van der Waals surface area contributed by atoms with Crippen LogP contribution in [0.1, 0.15) is 11.7 Å². The van der Waals surface area contributed by atoms with E-state index in [1.165, 1.54) is 12.1 Å². The Morgan fingerprint density at radius 1 is 1.23 bits per heavy atom. The van der Waals surface area contributed by atoms with Crippen molar-refractivity contribution >= 4 is 11.8 Å². The van der Waals surface area contributed by atoms with Gasteiger partial charge >= 0.3 is 0 Å². The average Bonchev–Trinajstić information content (AvgIpc) is 2.17. The molecule has 0 fully saturated rings. The summed E-state index contributed by atoms with van der Waals surface area (Å²) in [5.41, 5.74) is 0.247. The van der Waals surface area contributed by atoms with Crippen molar-refractivity contribution in [3.63, 3.8) is 0 Å². The molecule has 4 heteroatoms. The highest BCUT2D eigenvalue weighted by Gasteiger charge is 2.17. The molecule has 1 N–H and O–H groups in total. The van der Waals surface area contributed by atoms with Crippen molar-refractivity contribution in [2.24, 2.45) is 0 Å². The van der Waals surface area contributed by atoms with Gasteiger partial charge in [0.25, 0.3) is 0 Å². The Morgan fingerprint density at radius 2 is 1.77 bits per heavy atom. The van der Waals surface area contributed by atoms with Crippen molar-refractivity contribution in [2.75, 3.05) is 0 Å². The Labute approximate surface area is 74.4 Å². The van der Waals surface area contributed by atoms with Crippen LogP contribution in [0.5, 0.6) is 0 Å². The van der Waals surface area contributed by atoms with Gasteiger partial charge in [0.15, 0.2) is 0 Å². The van der Waals surface area contributed by atoms with Crippen LogP contribution in [-0.2, 0) is 9.59 Å². The fourth-order valence-electron chi connectivity index (χ4n) is 0.898. The van der Waals surface area contributed by atoms with E-state index in [0.717, 1.165) is 0 Å². The third kappa shape index (κ3) is 2.13. The number of hydrogen-bond donors (Lipinski definition) is 1. The van der Waals surface area contributed by atoms with Crippen LogP contribution in [-0.4, -0.2) is 16.9 Å². The zero-order chi connectivity index (χ0) is 9.84. The van der Waals surface area contributed by atoms with Crippen LogP contribution in [0.25, 0.3) is 0 Å². The summed E-state index contributed by atoms with van der Waals surface area (Å²) in [4.78, 5) is 20.8. The molecule has 0 heterocycles. The number of carbonyl (C=O) groups excluding carboxylic acids is 2. The molecule has 4 nitrogen and oxygen atoms in total. The van der Waals surface area contributed by atoms with Crippen LogP contribution in [0.4, 0.5) is 0 Å². The summed E-state index contributed by atoms with van der Waals surface area (Å²) in [6.45, 7) is 0. The molecule has 1 rings (SSSR count). The van der Waals surface area contributed by atoms with Gasteiger partial charge in [0.2, 0.25) is 5.78 Å². The SMILES string of the molecule is O=C([O-])C(=O)[C@@H](O)c1ccccc1. The highest BCUT2D eigenvalue weighted by molar-refractivity contribution is 6.33. The van der Waals surface area contributed by atoms with Gasteiger partial charge < -0.3 is 15.0 Å². The van der Waals surface area contributed by atoms with Gasteiger partial charge in [-0.1, -0.05) is 30.3 Å². The van der Waals surface area contributed by atoms with Gasteiger partial charge in [0, 0.05) is 0 Å². The van der Waals surface area contributed by atoms with Crippen LogP contribution in [0.3, 0.4) is 0 Å². The molecule has 0 aliphatic heterocycles. The lowest BCUT2D eigenvalue weighted by Gasteiger charge is -2.09. The summed E-state index contributed by atoms with van der Waals surface area (Å²) in [5, 5.41) is 19.3. The van der Waals surface area contributed by atoms with E-state index >= 15 is 0 Å². The molecule has 1 aromatic carbocycles. The van der Waals surface area contributed by atoms with Crippen molar-refractivity contribution in [1.82, 2.24) is 0 Å². The second-order valence-electron chi connectivity index (χ2n) is 2.46. The van der Waals surface area contributed by atoms with Crippen LogP contribution in [0.15, 0.2) is 30.3 Å². The fourth-order valence-corrected chi connectivity index (χ4v) is 0.898. The lowest BCUT2D eigenvalue weighted by atomic mass is 10.1. The van der Waals surface area contributed by atoms with Gasteiger partial charge in [-0.05, 0) is 5.56 Å². The molecule has 0 unspecified atom stereocenters. The number of carbonyl (C=O) groups is 2. The maximum absolute atomic E-state index is 10.7. The number of Topliss-reactive ketones (excluding diaryl/α,β-unsaturated/α-hetero) is 1. The number of rotatable bonds is 3. The van der Waals surface area contributed by atoms with Crippen molar-refractivity contribution in [2.45, 2.75) is 6.10 Å². The number of carboxylic acids is 1. The van der Waals surface area contributed by atoms with Crippen molar-refractivity contribution in [1.29, 1.82) is 0 Å². The molecule has 0 aliphatic carbocycles. The van der Waals surface area contributed by atoms with Gasteiger partial charge in [-0.15, -0.1) is 0 Å². The minimum Gasteiger partial charge on any atom is -0.542 e. The van der Waals surface area contributed by atoms with Gasteiger partial charge in [0.1, 0.15) is 12.1 Å². The van der Waals surface area contributed by atoms with Crippen molar-refractivity contribution < 1.29 is 19.8 Å². The number of aliphatic carboxylic acids is 1. The normalized spacial score (nSPS) is 12.1. The van der Waals surface area contributed by atoms with E-state index in [-0.39, 0.29) is 5.56 Å². The largest absolute Gasteiger partial charge is 0.542 e. The minimum atomic E-state index is -1.88. The molecule has 1 atom stereocenters. The van der Waals surface area contributed by atoms with E-state index in [9.17, 15) is 19.8 Å². The molecular formula is C9H7O4-. The molecule has 0 aliphatic rings. The quantitative estimate of drug-likeness (QED) is 0.606. The zero-order valence-electron chi connectivity index (χ0n) is 6.64. The van der Waals surface area contributed by atoms with Gasteiger partial charge in [-0.3, -0.25) is 4.79 Å². The predicted molar refractivity (Wildman–Crippen MR) is 41.4 cm³/mol. The number of aliphatic hydroxyl groups excluding tert-OH is 1. The second kappa shape index (κ2) is 3.82. The minimum absolute atomic E-state index is 0.247. The molecule has 0 radical (unpaired) electrons. The van der Waals surface area contributed by atoms with Gasteiger partial charge in [-0.25, -0.2) is 0 Å². The first-order valence-electron chi connectivity index (χ1n) is 3.61. The average molecular weight is 179 g/mol. The van der Waals surface area contributed by atoms with E-state index in [0.29, 0.717) is 0 Å². The lowest BCUT2D eigenvalue weighted by molar-refractivity contribution is -0.300. The maximum Gasteiger partial charge on any atom is 0.211 e. The molecule has 68 valence electrons. The first-order valence-corrected chi connectivity index (χ1v) is 3.61. The molecule has 0 spiro atoms. The number of ketones is 1. The summed E-state index contributed by atoms with van der Waals surface area (Å²) >= 11 is 0. The lowest BCUT2D eigenvalue weighted by Crippen LogP contribution is -2.35. The van der Waals surface area contributed by atoms with Crippen LogP contribution in [0, 0.1) is 0 Å². The van der Waals surface area contributed by atoms with Gasteiger partial charge in [-0.2, -0.15) is 0 Å². The standard InChI is InChI=1S/C9H8O4/c10-7(8(11)9(12)13)6-4-2-1-3-5-6/h1-5,7,10H,(H,12,13)/p-1/t7-/m0/s1. The molecular weight excluding hydrogens is 172 g/mol. The smallest absolute Gasteiger partial charge is 0.211 e. The first kappa shape index (κ1) is 9.41. The van der Waals surface area contributed by atoms with E-state index in [1.54, 1.807) is 18.2 Å². The molecule has 0 saturated heterocycles. The molecule has 0 saturated carbocycles. The Balaban J connectivity index is 2.86. The molecule has 0 amide bonds. The Morgan fingerprint density at radius 3 is 2.23 bits per heavy atom. The third-order valence-corrected chi connectivity index (χ3v) is 1.56. The Hall–Kier alpha value is -1.68. The highest BCUT2D eigenvalue weighted by atomic mass is 16.4. The van der Waals surface area contributed by atoms with Crippen molar-refractivity contribution in [3.05, 3.63) is 35.9 Å². The number of carboxylic acid groups (broad SMARTS) is 1. The molecule has 1 aromatic rings. The number of aliphatic hydroxyl groups is 1. The molecule has 13 heavy (non-hydrogen) atoms. The summed E-state index contributed by atoms with van der Waals surface area (Å²) in [5.74, 6) is -3.21.